The number of aliphatic hydroxyl groups excluding tert-OH is 1. The number of aromatic nitrogens is 4. The Hall–Kier alpha value is -2.27. The van der Waals surface area contributed by atoms with E-state index in [9.17, 15) is 5.11 Å². The van der Waals surface area contributed by atoms with Crippen LogP contribution in [0, 0.1) is 0 Å². The Labute approximate surface area is 116 Å². The van der Waals surface area contributed by atoms with Crippen LogP contribution in [0.2, 0.25) is 0 Å². The van der Waals surface area contributed by atoms with E-state index < -0.39 is 6.10 Å². The molecule has 1 N–H and O–H groups in total. The molecule has 102 valence electrons. The second-order valence-electron chi connectivity index (χ2n) is 4.63. The summed E-state index contributed by atoms with van der Waals surface area (Å²) in [6, 6.07) is 8.07. The Kier molecular flexibility index (Phi) is 3.43. The number of hydrogen-bond donors (Lipinski definition) is 1. The molecule has 1 atom stereocenters. The number of nitrogens with zero attached hydrogens (tertiary/aromatic N) is 4. The summed E-state index contributed by atoms with van der Waals surface area (Å²) in [6.45, 7) is 2.87. The highest BCUT2D eigenvalue weighted by atomic mass is 16.3. The summed E-state index contributed by atoms with van der Waals surface area (Å²) in [7, 11) is 0. The minimum absolute atomic E-state index is 0.437. The van der Waals surface area contributed by atoms with E-state index in [0.29, 0.717) is 12.1 Å². The van der Waals surface area contributed by atoms with Crippen LogP contribution in [0.1, 0.15) is 24.4 Å². The first-order valence-corrected chi connectivity index (χ1v) is 6.68. The van der Waals surface area contributed by atoms with Gasteiger partial charge in [0.15, 0.2) is 0 Å². The maximum absolute atomic E-state index is 10.3. The van der Waals surface area contributed by atoms with Gasteiger partial charge in [-0.25, -0.2) is 0 Å². The van der Waals surface area contributed by atoms with Gasteiger partial charge in [-0.3, -0.25) is 14.6 Å². The van der Waals surface area contributed by atoms with Crippen molar-refractivity contribution in [3.8, 4) is 0 Å². The zero-order valence-electron chi connectivity index (χ0n) is 11.3. The molecule has 20 heavy (non-hydrogen) atoms. The van der Waals surface area contributed by atoms with E-state index in [1.807, 2.05) is 28.9 Å². The maximum Gasteiger partial charge on any atom is 0.103 e. The number of fused-ring (bicyclic) bond motifs is 1. The molecule has 0 aliphatic carbocycles. The monoisotopic (exact) mass is 268 g/mol. The van der Waals surface area contributed by atoms with Crippen molar-refractivity contribution < 1.29 is 5.11 Å². The number of para-hydroxylation sites is 1. The molecule has 0 aliphatic rings. The van der Waals surface area contributed by atoms with Crippen LogP contribution in [-0.4, -0.2) is 24.9 Å². The molecule has 0 fully saturated rings. The largest absolute Gasteiger partial charge is 0.386 e. The number of aryl methyl sites for hydroxylation is 1. The highest BCUT2D eigenvalue weighted by Crippen LogP contribution is 2.23. The second-order valence-corrected chi connectivity index (χ2v) is 4.63. The van der Waals surface area contributed by atoms with E-state index in [4.69, 9.17) is 0 Å². The Bertz CT molecular complexity index is 708. The van der Waals surface area contributed by atoms with Crippen LogP contribution < -0.4 is 0 Å². The van der Waals surface area contributed by atoms with Crippen LogP contribution in [0.4, 0.5) is 0 Å². The highest BCUT2D eigenvalue weighted by Gasteiger charge is 2.15. The summed E-state index contributed by atoms with van der Waals surface area (Å²) in [5, 5.41) is 15.9. The standard InChI is InChI=1S/C15H16N4O/c1-2-19-14-6-4-3-5-11(14)12(18-19)9-15(20)13-10-16-7-8-17-13/h3-8,10,15,20H,2,9H2,1H3. The van der Waals surface area contributed by atoms with Gasteiger partial charge < -0.3 is 5.11 Å². The summed E-state index contributed by atoms with van der Waals surface area (Å²) < 4.78 is 1.95. The van der Waals surface area contributed by atoms with E-state index >= 15 is 0 Å². The predicted molar refractivity (Wildman–Crippen MR) is 76.1 cm³/mol. The van der Waals surface area contributed by atoms with Crippen molar-refractivity contribution in [1.82, 2.24) is 19.7 Å². The summed E-state index contributed by atoms with van der Waals surface area (Å²) >= 11 is 0. The topological polar surface area (TPSA) is 63.8 Å². The molecule has 2 aromatic heterocycles. The van der Waals surface area contributed by atoms with Crippen molar-refractivity contribution in [2.75, 3.05) is 0 Å². The van der Waals surface area contributed by atoms with Crippen molar-refractivity contribution >= 4 is 10.9 Å². The van der Waals surface area contributed by atoms with Gasteiger partial charge in [-0.2, -0.15) is 5.10 Å². The number of aliphatic hydroxyl groups is 1. The summed E-state index contributed by atoms with van der Waals surface area (Å²) in [6.07, 6.45) is 4.52. The molecule has 3 aromatic rings. The predicted octanol–water partition coefficient (Wildman–Crippen LogP) is 2.12. The van der Waals surface area contributed by atoms with Gasteiger partial charge >= 0.3 is 0 Å². The lowest BCUT2D eigenvalue weighted by atomic mass is 10.1. The fourth-order valence-corrected chi connectivity index (χ4v) is 2.36. The molecule has 1 aromatic carbocycles. The summed E-state index contributed by atoms with van der Waals surface area (Å²) in [4.78, 5) is 8.12. The quantitative estimate of drug-likeness (QED) is 0.787. The van der Waals surface area contributed by atoms with Crippen molar-refractivity contribution in [3.63, 3.8) is 0 Å². The third-order valence-electron chi connectivity index (χ3n) is 3.35. The lowest BCUT2D eigenvalue weighted by molar-refractivity contribution is 0.172. The molecular weight excluding hydrogens is 252 g/mol. The first kappa shape index (κ1) is 12.7. The zero-order valence-corrected chi connectivity index (χ0v) is 11.3. The molecule has 0 saturated carbocycles. The average Bonchev–Trinajstić information content (AvgIpc) is 2.86. The number of benzene rings is 1. The molecule has 5 nitrogen and oxygen atoms in total. The molecule has 0 aliphatic heterocycles. The van der Waals surface area contributed by atoms with Crippen LogP contribution in [0.15, 0.2) is 42.9 Å². The van der Waals surface area contributed by atoms with Gasteiger partial charge in [0.2, 0.25) is 0 Å². The van der Waals surface area contributed by atoms with Gasteiger partial charge in [-0.15, -0.1) is 0 Å². The summed E-state index contributed by atoms with van der Waals surface area (Å²) in [5.41, 5.74) is 2.56. The maximum atomic E-state index is 10.3. The van der Waals surface area contributed by atoms with E-state index in [0.717, 1.165) is 23.1 Å². The number of hydrogen-bond acceptors (Lipinski definition) is 4. The van der Waals surface area contributed by atoms with Gasteiger partial charge in [0.05, 0.1) is 23.1 Å². The fourth-order valence-electron chi connectivity index (χ4n) is 2.36. The van der Waals surface area contributed by atoms with Crippen molar-refractivity contribution in [2.45, 2.75) is 26.0 Å². The molecule has 3 rings (SSSR count). The third kappa shape index (κ3) is 2.28. The smallest absolute Gasteiger partial charge is 0.103 e. The molecule has 2 heterocycles. The van der Waals surface area contributed by atoms with E-state index in [1.54, 1.807) is 18.6 Å². The normalized spacial score (nSPS) is 12.7. The zero-order chi connectivity index (χ0) is 13.9. The highest BCUT2D eigenvalue weighted by molar-refractivity contribution is 5.82. The van der Waals surface area contributed by atoms with Gasteiger partial charge in [0.1, 0.15) is 6.10 Å². The van der Waals surface area contributed by atoms with Gasteiger partial charge in [-0.05, 0) is 13.0 Å². The molecule has 0 saturated heterocycles. The molecule has 1 unspecified atom stereocenters. The first-order valence-electron chi connectivity index (χ1n) is 6.68. The third-order valence-corrected chi connectivity index (χ3v) is 3.35. The van der Waals surface area contributed by atoms with Crippen LogP contribution in [0.3, 0.4) is 0 Å². The molecule has 0 spiro atoms. The van der Waals surface area contributed by atoms with Gasteiger partial charge in [-0.1, -0.05) is 18.2 Å². The Morgan fingerprint density at radius 3 is 2.85 bits per heavy atom. The van der Waals surface area contributed by atoms with Crippen molar-refractivity contribution in [2.24, 2.45) is 0 Å². The lowest BCUT2D eigenvalue weighted by Gasteiger charge is -2.07. The Morgan fingerprint density at radius 2 is 2.10 bits per heavy atom. The number of rotatable bonds is 4. The first-order chi connectivity index (χ1) is 9.79. The Balaban J connectivity index is 1.95. The fraction of sp³-hybridized carbons (Fsp3) is 0.267. The average molecular weight is 268 g/mol. The summed E-state index contributed by atoms with van der Waals surface area (Å²) in [5.74, 6) is 0. The van der Waals surface area contributed by atoms with E-state index in [-0.39, 0.29) is 0 Å². The van der Waals surface area contributed by atoms with Crippen LogP contribution in [0.25, 0.3) is 10.9 Å². The van der Waals surface area contributed by atoms with Crippen molar-refractivity contribution in [3.05, 3.63) is 54.2 Å². The van der Waals surface area contributed by atoms with Gasteiger partial charge in [0.25, 0.3) is 0 Å². The van der Waals surface area contributed by atoms with E-state index in [1.165, 1.54) is 0 Å². The molecule has 0 amide bonds. The molecule has 5 heteroatoms. The van der Waals surface area contributed by atoms with E-state index in [2.05, 4.69) is 22.0 Å². The second kappa shape index (κ2) is 5.38. The van der Waals surface area contributed by atoms with Crippen LogP contribution >= 0.6 is 0 Å². The molecular formula is C15H16N4O. The Morgan fingerprint density at radius 1 is 1.25 bits per heavy atom. The minimum atomic E-state index is -0.688. The molecule has 0 bridgehead atoms. The van der Waals surface area contributed by atoms with Crippen LogP contribution in [-0.2, 0) is 13.0 Å². The van der Waals surface area contributed by atoms with Crippen LogP contribution in [0.5, 0.6) is 0 Å². The lowest BCUT2D eigenvalue weighted by Crippen LogP contribution is -2.06. The minimum Gasteiger partial charge on any atom is -0.386 e. The van der Waals surface area contributed by atoms with Gasteiger partial charge in [0, 0.05) is 30.7 Å². The molecule has 0 radical (unpaired) electrons. The SMILES string of the molecule is CCn1nc(CC(O)c2cnccn2)c2ccccc21. The van der Waals surface area contributed by atoms with Crippen molar-refractivity contribution in [1.29, 1.82) is 0 Å².